The number of anilines is 1. The lowest BCUT2D eigenvalue weighted by molar-refractivity contribution is -0.152. The Kier molecular flexibility index (Phi) is 5.30. The van der Waals surface area contributed by atoms with E-state index in [0.29, 0.717) is 22.7 Å². The van der Waals surface area contributed by atoms with E-state index in [1.807, 2.05) is 0 Å². The van der Waals surface area contributed by atoms with Gasteiger partial charge in [-0.25, -0.2) is 18.3 Å². The van der Waals surface area contributed by atoms with Crippen LogP contribution in [-0.2, 0) is 20.7 Å². The van der Waals surface area contributed by atoms with Gasteiger partial charge in [-0.2, -0.15) is 10.1 Å². The second-order valence-corrected chi connectivity index (χ2v) is 6.16. The molecule has 1 aromatic carbocycles. The number of nitrogens with one attached hydrogen (secondary N) is 1. The van der Waals surface area contributed by atoms with Crippen LogP contribution in [0.15, 0.2) is 24.5 Å². The SMILES string of the molecule is Cc1nc2ncnn2c(C)c1CC(=O)O[C@H](C)C(=O)Nc1cc(F)ccc1F. The number of carbonyl (C=O) groups excluding carboxylic acids is 2. The molecule has 28 heavy (non-hydrogen) atoms. The van der Waals surface area contributed by atoms with E-state index in [4.69, 9.17) is 4.74 Å². The zero-order valence-electron chi connectivity index (χ0n) is 15.4. The van der Waals surface area contributed by atoms with E-state index in [1.165, 1.54) is 17.8 Å². The third-order valence-electron chi connectivity index (χ3n) is 4.17. The minimum Gasteiger partial charge on any atom is -0.452 e. The number of benzene rings is 1. The first kappa shape index (κ1) is 19.3. The summed E-state index contributed by atoms with van der Waals surface area (Å²) in [5.74, 6) is -2.54. The molecule has 0 aliphatic carbocycles. The number of hydrogen-bond acceptors (Lipinski definition) is 6. The Hall–Kier alpha value is -3.43. The van der Waals surface area contributed by atoms with Crippen molar-refractivity contribution >= 4 is 23.3 Å². The third-order valence-corrected chi connectivity index (χ3v) is 4.17. The van der Waals surface area contributed by atoms with Crippen molar-refractivity contribution < 1.29 is 23.1 Å². The topological polar surface area (TPSA) is 98.5 Å². The van der Waals surface area contributed by atoms with Crippen LogP contribution in [0.3, 0.4) is 0 Å². The summed E-state index contributed by atoms with van der Waals surface area (Å²) in [5, 5.41) is 6.24. The first-order valence-electron chi connectivity index (χ1n) is 8.37. The Morgan fingerprint density at radius 3 is 2.79 bits per heavy atom. The first-order chi connectivity index (χ1) is 13.3. The average molecular weight is 389 g/mol. The summed E-state index contributed by atoms with van der Waals surface area (Å²) < 4.78 is 33.4. The summed E-state index contributed by atoms with van der Waals surface area (Å²) in [4.78, 5) is 32.7. The number of ether oxygens (including phenoxy) is 1. The zero-order valence-corrected chi connectivity index (χ0v) is 15.4. The standard InChI is InChI=1S/C18H17F2N5O3/c1-9-13(10(2)25-18(23-9)21-8-22-25)7-16(26)28-11(3)17(27)24-15-6-12(19)4-5-14(15)20/h4-6,8,11H,7H2,1-3H3,(H,24,27)/t11-/m1/s1. The van der Waals surface area contributed by atoms with Crippen LogP contribution in [0, 0.1) is 25.5 Å². The fraction of sp³-hybridized carbons (Fsp3) is 0.278. The molecular formula is C18H17F2N5O3. The minimum absolute atomic E-state index is 0.133. The van der Waals surface area contributed by atoms with Gasteiger partial charge in [0.15, 0.2) is 6.10 Å². The average Bonchev–Trinajstić information content (AvgIpc) is 3.10. The number of carbonyl (C=O) groups is 2. The van der Waals surface area contributed by atoms with Crippen molar-refractivity contribution in [3.63, 3.8) is 0 Å². The summed E-state index contributed by atoms with van der Waals surface area (Å²) in [7, 11) is 0. The van der Waals surface area contributed by atoms with Gasteiger partial charge in [-0.3, -0.25) is 9.59 Å². The highest BCUT2D eigenvalue weighted by Crippen LogP contribution is 2.17. The molecule has 0 saturated heterocycles. The third kappa shape index (κ3) is 3.95. The Balaban J connectivity index is 1.67. The smallest absolute Gasteiger partial charge is 0.311 e. The molecule has 2 aromatic heterocycles. The maximum Gasteiger partial charge on any atom is 0.311 e. The van der Waals surface area contributed by atoms with Crippen LogP contribution in [0.2, 0.25) is 0 Å². The van der Waals surface area contributed by atoms with Crippen LogP contribution in [0.25, 0.3) is 5.78 Å². The minimum atomic E-state index is -1.21. The van der Waals surface area contributed by atoms with Crippen LogP contribution in [0.1, 0.15) is 23.9 Å². The number of esters is 1. The number of hydrogen-bond donors (Lipinski definition) is 1. The molecule has 1 N–H and O–H groups in total. The Labute approximate surface area is 158 Å². The second-order valence-electron chi connectivity index (χ2n) is 6.16. The van der Waals surface area contributed by atoms with E-state index in [0.717, 1.165) is 18.2 Å². The van der Waals surface area contributed by atoms with Crippen molar-refractivity contribution in [1.82, 2.24) is 19.6 Å². The van der Waals surface area contributed by atoms with E-state index >= 15 is 0 Å². The van der Waals surface area contributed by atoms with Crippen molar-refractivity contribution in [2.24, 2.45) is 0 Å². The monoisotopic (exact) mass is 389 g/mol. The van der Waals surface area contributed by atoms with Crippen molar-refractivity contribution in [2.75, 3.05) is 5.32 Å². The fourth-order valence-corrected chi connectivity index (χ4v) is 2.68. The highest BCUT2D eigenvalue weighted by atomic mass is 19.1. The van der Waals surface area contributed by atoms with Crippen LogP contribution < -0.4 is 5.32 Å². The van der Waals surface area contributed by atoms with Gasteiger partial charge in [0.25, 0.3) is 11.7 Å². The van der Waals surface area contributed by atoms with E-state index in [2.05, 4.69) is 20.4 Å². The fourth-order valence-electron chi connectivity index (χ4n) is 2.68. The van der Waals surface area contributed by atoms with E-state index in [-0.39, 0.29) is 12.1 Å². The number of halogens is 2. The molecule has 1 atom stereocenters. The molecule has 0 aliphatic rings. The summed E-state index contributed by atoms with van der Waals surface area (Å²) in [5.41, 5.74) is 1.54. The molecule has 0 bridgehead atoms. The van der Waals surface area contributed by atoms with Gasteiger partial charge < -0.3 is 10.1 Å². The molecule has 0 saturated carbocycles. The Morgan fingerprint density at radius 1 is 1.29 bits per heavy atom. The molecule has 0 spiro atoms. The molecule has 0 fully saturated rings. The normalized spacial score (nSPS) is 12.0. The summed E-state index contributed by atoms with van der Waals surface area (Å²) >= 11 is 0. The highest BCUT2D eigenvalue weighted by molar-refractivity contribution is 5.95. The molecule has 3 rings (SSSR count). The predicted octanol–water partition coefficient (Wildman–Crippen LogP) is 2.13. The molecule has 0 radical (unpaired) electrons. The predicted molar refractivity (Wildman–Crippen MR) is 94.5 cm³/mol. The van der Waals surface area contributed by atoms with Crippen molar-refractivity contribution in [3.8, 4) is 0 Å². The molecule has 146 valence electrons. The van der Waals surface area contributed by atoms with Crippen LogP contribution in [-0.4, -0.2) is 37.6 Å². The lowest BCUT2D eigenvalue weighted by Crippen LogP contribution is -2.31. The number of rotatable bonds is 5. The number of nitrogens with zero attached hydrogens (tertiary/aromatic N) is 4. The van der Waals surface area contributed by atoms with Gasteiger partial charge in [0.2, 0.25) is 0 Å². The molecule has 3 aromatic rings. The van der Waals surface area contributed by atoms with Gasteiger partial charge in [-0.1, -0.05) is 0 Å². The maximum absolute atomic E-state index is 13.6. The lowest BCUT2D eigenvalue weighted by Gasteiger charge is -2.15. The van der Waals surface area contributed by atoms with Gasteiger partial charge in [0.1, 0.15) is 18.0 Å². The van der Waals surface area contributed by atoms with Gasteiger partial charge in [0.05, 0.1) is 12.1 Å². The summed E-state index contributed by atoms with van der Waals surface area (Å²) in [6.07, 6.45) is 0.0140. The van der Waals surface area contributed by atoms with Crippen LogP contribution in [0.4, 0.5) is 14.5 Å². The van der Waals surface area contributed by atoms with Crippen LogP contribution in [0.5, 0.6) is 0 Å². The van der Waals surface area contributed by atoms with Gasteiger partial charge >= 0.3 is 5.97 Å². The number of fused-ring (bicyclic) bond motifs is 1. The second kappa shape index (κ2) is 7.67. The molecule has 1 amide bonds. The van der Waals surface area contributed by atoms with Gasteiger partial charge in [-0.05, 0) is 32.9 Å². The molecule has 2 heterocycles. The number of amides is 1. The van der Waals surface area contributed by atoms with E-state index in [1.54, 1.807) is 13.8 Å². The zero-order chi connectivity index (χ0) is 20.4. The molecule has 0 unspecified atom stereocenters. The number of aryl methyl sites for hydroxylation is 2. The summed E-state index contributed by atoms with van der Waals surface area (Å²) in [6.45, 7) is 4.83. The Bertz CT molecular complexity index is 1070. The van der Waals surface area contributed by atoms with E-state index in [9.17, 15) is 18.4 Å². The molecule has 10 heteroatoms. The molecule has 0 aliphatic heterocycles. The van der Waals surface area contributed by atoms with Crippen molar-refractivity contribution in [3.05, 3.63) is 53.1 Å². The quantitative estimate of drug-likeness (QED) is 0.672. The van der Waals surface area contributed by atoms with Crippen LogP contribution >= 0.6 is 0 Å². The van der Waals surface area contributed by atoms with E-state index < -0.39 is 29.6 Å². The maximum atomic E-state index is 13.6. The van der Waals surface area contributed by atoms with Gasteiger partial charge in [0, 0.05) is 23.0 Å². The first-order valence-corrected chi connectivity index (χ1v) is 8.37. The molecular weight excluding hydrogens is 372 g/mol. The highest BCUT2D eigenvalue weighted by Gasteiger charge is 2.21. The van der Waals surface area contributed by atoms with Crippen molar-refractivity contribution in [2.45, 2.75) is 33.3 Å². The molecule has 8 nitrogen and oxygen atoms in total. The summed E-state index contributed by atoms with van der Waals surface area (Å²) in [6, 6.07) is 2.66. The van der Waals surface area contributed by atoms with Gasteiger partial charge in [-0.15, -0.1) is 0 Å². The van der Waals surface area contributed by atoms with Crippen molar-refractivity contribution in [1.29, 1.82) is 0 Å². The largest absolute Gasteiger partial charge is 0.452 e. The number of aromatic nitrogens is 4. The lowest BCUT2D eigenvalue weighted by atomic mass is 10.1. The Morgan fingerprint density at radius 2 is 2.04 bits per heavy atom.